The van der Waals surface area contributed by atoms with E-state index >= 15 is 0 Å². The van der Waals surface area contributed by atoms with Crippen LogP contribution in [0, 0.1) is 5.41 Å². The molecular formula is C30H30ClF3N2O3. The van der Waals surface area contributed by atoms with Gasteiger partial charge in [0, 0.05) is 43.5 Å². The molecule has 0 spiro atoms. The lowest BCUT2D eigenvalue weighted by Crippen LogP contribution is -2.51. The maximum absolute atomic E-state index is 13.7. The normalized spacial score (nSPS) is 17.5. The van der Waals surface area contributed by atoms with Crippen molar-refractivity contribution in [1.29, 1.82) is 0 Å². The number of hydrogen-bond donors (Lipinski definition) is 0. The second-order valence-corrected chi connectivity index (χ2v) is 10.5. The van der Waals surface area contributed by atoms with E-state index < -0.39 is 28.6 Å². The number of hydrogen-bond acceptors (Lipinski definition) is 3. The van der Waals surface area contributed by atoms with Crippen molar-refractivity contribution in [1.82, 2.24) is 9.80 Å². The fourth-order valence-electron chi connectivity index (χ4n) is 4.95. The number of rotatable bonds is 8. The van der Waals surface area contributed by atoms with Gasteiger partial charge >= 0.3 is 6.18 Å². The second-order valence-electron chi connectivity index (χ2n) is 10.0. The molecule has 0 aromatic heterocycles. The van der Waals surface area contributed by atoms with Crippen molar-refractivity contribution in [3.05, 3.63) is 101 Å². The zero-order valence-electron chi connectivity index (χ0n) is 21.6. The lowest BCUT2D eigenvalue weighted by atomic mass is 9.77. The van der Waals surface area contributed by atoms with Crippen LogP contribution in [-0.2, 0) is 17.5 Å². The molecule has 1 unspecified atom stereocenters. The van der Waals surface area contributed by atoms with E-state index in [1.165, 1.54) is 23.1 Å². The molecule has 1 aliphatic rings. The summed E-state index contributed by atoms with van der Waals surface area (Å²) in [6, 6.07) is 21.2. The number of ether oxygens (including phenoxy) is 1. The molecule has 4 rings (SSSR count). The van der Waals surface area contributed by atoms with Gasteiger partial charge < -0.3 is 14.5 Å². The van der Waals surface area contributed by atoms with Gasteiger partial charge in [0.15, 0.2) is 0 Å². The van der Waals surface area contributed by atoms with Crippen LogP contribution in [0.4, 0.5) is 13.2 Å². The summed E-state index contributed by atoms with van der Waals surface area (Å²) in [5.74, 6) is -0.290. The van der Waals surface area contributed by atoms with Crippen molar-refractivity contribution in [2.75, 3.05) is 26.7 Å². The summed E-state index contributed by atoms with van der Waals surface area (Å²) in [5.41, 5.74) is -1.18. The van der Waals surface area contributed by atoms with Crippen molar-refractivity contribution >= 4 is 23.4 Å². The summed E-state index contributed by atoms with van der Waals surface area (Å²) in [7, 11) is 1.72. The molecule has 0 aliphatic carbocycles. The molecule has 3 aromatic rings. The highest BCUT2D eigenvalue weighted by Gasteiger charge is 2.42. The Morgan fingerprint density at radius 3 is 2.36 bits per heavy atom. The van der Waals surface area contributed by atoms with Gasteiger partial charge in [-0.25, -0.2) is 0 Å². The van der Waals surface area contributed by atoms with Crippen molar-refractivity contribution < 1.29 is 27.5 Å². The molecule has 0 N–H and O–H groups in total. The van der Waals surface area contributed by atoms with Crippen LogP contribution in [0.2, 0.25) is 5.02 Å². The smallest absolute Gasteiger partial charge is 0.417 e. The fraction of sp³-hybridized carbons (Fsp3) is 0.333. The third-order valence-corrected chi connectivity index (χ3v) is 7.24. The molecule has 2 amide bonds. The summed E-state index contributed by atoms with van der Waals surface area (Å²) < 4.78 is 47.0. The van der Waals surface area contributed by atoms with Gasteiger partial charge in [-0.2, -0.15) is 13.2 Å². The molecule has 206 valence electrons. The molecular weight excluding hydrogens is 529 g/mol. The summed E-state index contributed by atoms with van der Waals surface area (Å²) in [5, 5.41) is 0.549. The van der Waals surface area contributed by atoms with Crippen LogP contribution in [0.5, 0.6) is 5.75 Å². The van der Waals surface area contributed by atoms with Crippen LogP contribution >= 0.6 is 11.6 Å². The summed E-state index contributed by atoms with van der Waals surface area (Å²) >= 11 is 5.99. The number of nitrogens with zero attached hydrogens (tertiary/aromatic N) is 2. The van der Waals surface area contributed by atoms with Crippen LogP contribution in [0.1, 0.15) is 40.7 Å². The summed E-state index contributed by atoms with van der Waals surface area (Å²) in [6.07, 6.45) is -3.47. The minimum atomic E-state index is -4.66. The van der Waals surface area contributed by atoms with E-state index in [9.17, 15) is 22.8 Å². The molecule has 1 atom stereocenters. The third kappa shape index (κ3) is 7.32. The van der Waals surface area contributed by atoms with E-state index in [-0.39, 0.29) is 25.5 Å². The Morgan fingerprint density at radius 1 is 1.00 bits per heavy atom. The van der Waals surface area contributed by atoms with E-state index in [0.717, 1.165) is 11.6 Å². The van der Waals surface area contributed by atoms with Crippen LogP contribution < -0.4 is 4.74 Å². The van der Waals surface area contributed by atoms with Crippen molar-refractivity contribution in [2.24, 2.45) is 5.41 Å². The molecule has 1 fully saturated rings. The topological polar surface area (TPSA) is 49.9 Å². The van der Waals surface area contributed by atoms with Gasteiger partial charge in [0.2, 0.25) is 5.91 Å². The highest BCUT2D eigenvalue weighted by Crippen LogP contribution is 2.38. The van der Waals surface area contributed by atoms with Gasteiger partial charge in [0.05, 0.1) is 17.7 Å². The zero-order chi connectivity index (χ0) is 28.0. The predicted molar refractivity (Wildman–Crippen MR) is 143 cm³/mol. The first-order valence-electron chi connectivity index (χ1n) is 12.7. The lowest BCUT2D eigenvalue weighted by Gasteiger charge is -2.43. The Balaban J connectivity index is 1.57. The number of benzene rings is 3. The predicted octanol–water partition coefficient (Wildman–Crippen LogP) is 6.71. The van der Waals surface area contributed by atoms with Gasteiger partial charge in [-0.3, -0.25) is 9.59 Å². The van der Waals surface area contributed by atoms with Gasteiger partial charge in [-0.05, 0) is 54.8 Å². The maximum atomic E-state index is 13.7. The Kier molecular flexibility index (Phi) is 8.85. The van der Waals surface area contributed by atoms with Gasteiger partial charge in [0.25, 0.3) is 5.91 Å². The number of halogens is 4. The second kappa shape index (κ2) is 12.1. The first kappa shape index (κ1) is 28.5. The lowest BCUT2D eigenvalue weighted by molar-refractivity contribution is -0.138. The Bertz CT molecular complexity index is 1280. The molecule has 1 heterocycles. The number of alkyl halides is 3. The van der Waals surface area contributed by atoms with Crippen molar-refractivity contribution in [3.63, 3.8) is 0 Å². The minimum absolute atomic E-state index is 0.0780. The molecule has 0 radical (unpaired) electrons. The monoisotopic (exact) mass is 558 g/mol. The molecule has 1 saturated heterocycles. The molecule has 5 nitrogen and oxygen atoms in total. The first-order valence-corrected chi connectivity index (χ1v) is 13.1. The number of carbonyl (C=O) groups is 2. The van der Waals surface area contributed by atoms with Crippen molar-refractivity contribution in [3.8, 4) is 5.75 Å². The van der Waals surface area contributed by atoms with E-state index in [4.69, 9.17) is 16.3 Å². The molecule has 0 bridgehead atoms. The first-order chi connectivity index (χ1) is 18.6. The average molecular weight is 559 g/mol. The van der Waals surface area contributed by atoms with Gasteiger partial charge in [-0.1, -0.05) is 54.1 Å². The zero-order valence-corrected chi connectivity index (χ0v) is 22.3. The van der Waals surface area contributed by atoms with Crippen LogP contribution in [-0.4, -0.2) is 48.4 Å². The number of piperidine rings is 1. The quantitative estimate of drug-likeness (QED) is 0.309. The third-order valence-electron chi connectivity index (χ3n) is 6.98. The number of amides is 2. The van der Waals surface area contributed by atoms with Crippen LogP contribution in [0.25, 0.3) is 0 Å². The maximum Gasteiger partial charge on any atom is 0.417 e. The Morgan fingerprint density at radius 2 is 1.67 bits per heavy atom. The van der Waals surface area contributed by atoms with E-state index in [1.807, 2.05) is 30.3 Å². The molecule has 1 aliphatic heterocycles. The summed E-state index contributed by atoms with van der Waals surface area (Å²) in [4.78, 5) is 29.9. The highest BCUT2D eigenvalue weighted by molar-refractivity contribution is 6.30. The van der Waals surface area contributed by atoms with Crippen LogP contribution in [0.3, 0.4) is 0 Å². The Hall–Kier alpha value is -3.52. The molecule has 9 heteroatoms. The van der Waals surface area contributed by atoms with Gasteiger partial charge in [0.1, 0.15) is 5.75 Å². The number of likely N-dealkylation sites (tertiary alicyclic amines) is 1. The average Bonchev–Trinajstić information content (AvgIpc) is 2.92. The summed E-state index contributed by atoms with van der Waals surface area (Å²) in [6.45, 7) is 0.915. The number of carbonyl (C=O) groups excluding carboxylic acids is 2. The van der Waals surface area contributed by atoms with Gasteiger partial charge in [-0.15, -0.1) is 0 Å². The molecule has 39 heavy (non-hydrogen) atoms. The van der Waals surface area contributed by atoms with E-state index in [2.05, 4.69) is 0 Å². The van der Waals surface area contributed by atoms with Crippen LogP contribution in [0.15, 0.2) is 78.9 Å². The van der Waals surface area contributed by atoms with Crippen molar-refractivity contribution in [2.45, 2.75) is 32.0 Å². The fourth-order valence-corrected chi connectivity index (χ4v) is 5.08. The van der Waals surface area contributed by atoms with E-state index in [1.54, 1.807) is 36.2 Å². The van der Waals surface area contributed by atoms with E-state index in [0.29, 0.717) is 36.7 Å². The SMILES string of the molecule is CN(Cc1ccccc1)C(=O)CC1(COc2ccc(Cl)cc2)CCCN(C(=O)c2ccccc2C(F)(F)F)C1. The largest absolute Gasteiger partial charge is 0.493 e. The molecule has 0 saturated carbocycles. The molecule has 3 aromatic carbocycles. The Labute approximate surface area is 231 Å². The standard InChI is InChI=1S/C30H30ClF3N2O3/c1-35(19-22-8-3-2-4-9-22)27(37)18-29(21-39-24-14-12-23(31)13-15-24)16-7-17-36(20-29)28(38)25-10-5-6-11-26(25)30(32,33)34/h2-6,8-15H,7,16-21H2,1H3. The highest BCUT2D eigenvalue weighted by atomic mass is 35.5. The minimum Gasteiger partial charge on any atom is -0.493 e.